The van der Waals surface area contributed by atoms with E-state index >= 15 is 0 Å². The lowest BCUT2D eigenvalue weighted by Crippen LogP contribution is -2.33. The molecule has 0 radical (unpaired) electrons. The van der Waals surface area contributed by atoms with Gasteiger partial charge in [0, 0.05) is 13.5 Å². The van der Waals surface area contributed by atoms with Crippen LogP contribution in [0.25, 0.3) is 0 Å². The van der Waals surface area contributed by atoms with Crippen LogP contribution in [0, 0.1) is 11.3 Å². The van der Waals surface area contributed by atoms with E-state index in [4.69, 9.17) is 28.5 Å². The molecule has 172 valence electrons. The van der Waals surface area contributed by atoms with Gasteiger partial charge < -0.3 is 0 Å². The summed E-state index contributed by atoms with van der Waals surface area (Å²) in [6, 6.07) is 19.3. The van der Waals surface area contributed by atoms with E-state index < -0.39 is 0 Å². The molecule has 4 heteroatoms. The molecule has 32 heavy (non-hydrogen) atoms. The lowest BCUT2D eigenvalue weighted by molar-refractivity contribution is 0.275. The van der Waals surface area contributed by atoms with Crippen LogP contribution in [0.3, 0.4) is 0 Å². The summed E-state index contributed by atoms with van der Waals surface area (Å²) in [5.74, 6) is 0. The molecule has 0 atom stereocenters. The zero-order valence-electron chi connectivity index (χ0n) is 19.5. The Hall–Kier alpha value is -1.53. The second-order valence-corrected chi connectivity index (χ2v) is 10.6. The summed E-state index contributed by atoms with van der Waals surface area (Å²) >= 11 is 14.1. The normalized spacial score (nSPS) is 18.0. The van der Waals surface area contributed by atoms with E-state index in [-0.39, 0.29) is 9.75 Å². The number of rotatable bonds is 9. The topological polar surface area (TPSA) is 27.0 Å². The van der Waals surface area contributed by atoms with Crippen LogP contribution in [0.4, 0.5) is 0 Å². The van der Waals surface area contributed by atoms with E-state index in [1.54, 1.807) is 6.07 Å². The number of halogens is 2. The quantitative estimate of drug-likeness (QED) is 0.348. The first-order valence-corrected chi connectivity index (χ1v) is 12.8. The fraction of sp³-hybridized carbons (Fsp3) is 0.536. The number of benzene rings is 2. The summed E-state index contributed by atoms with van der Waals surface area (Å²) in [6.45, 7) is 6.88. The van der Waals surface area contributed by atoms with Gasteiger partial charge in [-0.3, -0.25) is 4.90 Å². The average Bonchev–Trinajstić information content (AvgIpc) is 2.76. The molecule has 2 fully saturated rings. The van der Waals surface area contributed by atoms with Crippen LogP contribution in [-0.4, -0.2) is 18.0 Å². The van der Waals surface area contributed by atoms with Gasteiger partial charge in [-0.15, -0.1) is 23.2 Å². The Kier molecular flexibility index (Phi) is 9.06. The SMILES string of the molecule is CC#N.CCN(CCCc1c(C2(Cl)CCC2)cccc1C1(Cl)CCC1)Cc1ccccc1. The Morgan fingerprint density at radius 1 is 0.906 bits per heavy atom. The summed E-state index contributed by atoms with van der Waals surface area (Å²) in [7, 11) is 0. The van der Waals surface area contributed by atoms with Crippen LogP contribution in [0.2, 0.25) is 0 Å². The van der Waals surface area contributed by atoms with Crippen molar-refractivity contribution < 1.29 is 0 Å². The zero-order valence-corrected chi connectivity index (χ0v) is 21.1. The Balaban J connectivity index is 0.000000913. The third-order valence-corrected chi connectivity index (χ3v) is 8.19. The van der Waals surface area contributed by atoms with E-state index in [2.05, 4.69) is 60.4 Å². The van der Waals surface area contributed by atoms with Crippen LogP contribution in [-0.2, 0) is 22.7 Å². The van der Waals surface area contributed by atoms with Crippen molar-refractivity contribution in [3.8, 4) is 6.07 Å². The van der Waals surface area contributed by atoms with Crippen LogP contribution in [0.1, 0.15) is 81.0 Å². The van der Waals surface area contributed by atoms with E-state index in [0.717, 1.165) is 58.2 Å². The monoisotopic (exact) mass is 470 g/mol. The van der Waals surface area contributed by atoms with Gasteiger partial charge >= 0.3 is 0 Å². The van der Waals surface area contributed by atoms with Gasteiger partial charge in [0.1, 0.15) is 0 Å². The summed E-state index contributed by atoms with van der Waals surface area (Å²) in [4.78, 5) is 2.23. The van der Waals surface area contributed by atoms with Crippen LogP contribution in [0.15, 0.2) is 48.5 Å². The maximum atomic E-state index is 7.32. The van der Waals surface area contributed by atoms with Gasteiger partial charge in [0.15, 0.2) is 0 Å². The van der Waals surface area contributed by atoms with Gasteiger partial charge in [-0.1, -0.05) is 55.5 Å². The lowest BCUT2D eigenvalue weighted by Gasteiger charge is -2.42. The fourth-order valence-electron chi connectivity index (χ4n) is 4.88. The standard InChI is InChI=1S/C26H33Cl2N.C2H3N/c1-2-29(20-21-10-4-3-5-11-21)19-7-12-22-23(25(27)15-8-16-25)13-6-14-24(22)26(28)17-9-18-26;1-2-3/h3-6,10-11,13-14H,2,7-9,12,15-20H2,1H3;1H3. The molecular weight excluding hydrogens is 435 g/mol. The number of hydrogen-bond donors (Lipinski definition) is 0. The molecule has 4 rings (SSSR count). The third-order valence-electron chi connectivity index (χ3n) is 7.03. The highest BCUT2D eigenvalue weighted by Crippen LogP contribution is 2.53. The average molecular weight is 472 g/mol. The van der Waals surface area contributed by atoms with E-state index in [0.29, 0.717) is 0 Å². The first kappa shape index (κ1) is 25.1. The van der Waals surface area contributed by atoms with Crippen molar-refractivity contribution in [3.05, 3.63) is 70.8 Å². The zero-order chi connectivity index (χ0) is 23.0. The lowest BCUT2D eigenvalue weighted by atomic mass is 9.71. The van der Waals surface area contributed by atoms with Crippen LogP contribution in [0.5, 0.6) is 0 Å². The maximum absolute atomic E-state index is 7.32. The minimum atomic E-state index is -0.156. The molecule has 2 aliphatic rings. The molecule has 0 heterocycles. The number of nitriles is 1. The Labute approximate surface area is 204 Å². The smallest absolute Gasteiger partial charge is 0.0697 e. The van der Waals surface area contributed by atoms with Crippen molar-refractivity contribution in [3.63, 3.8) is 0 Å². The molecule has 2 aromatic carbocycles. The fourth-order valence-corrected chi connectivity index (χ4v) is 5.77. The second-order valence-electron chi connectivity index (χ2n) is 9.15. The van der Waals surface area contributed by atoms with Crippen molar-refractivity contribution in [1.29, 1.82) is 5.26 Å². The highest BCUT2D eigenvalue weighted by atomic mass is 35.5. The number of alkyl halides is 2. The maximum Gasteiger partial charge on any atom is 0.0697 e. The van der Waals surface area contributed by atoms with Gasteiger partial charge in [0.05, 0.1) is 15.8 Å². The van der Waals surface area contributed by atoms with Crippen molar-refractivity contribution >= 4 is 23.2 Å². The molecule has 0 unspecified atom stereocenters. The van der Waals surface area contributed by atoms with Crippen LogP contribution >= 0.6 is 23.2 Å². The van der Waals surface area contributed by atoms with Gasteiger partial charge in [-0.25, -0.2) is 0 Å². The molecule has 0 aromatic heterocycles. The highest BCUT2D eigenvalue weighted by Gasteiger charge is 2.42. The van der Waals surface area contributed by atoms with E-state index in [9.17, 15) is 0 Å². The minimum Gasteiger partial charge on any atom is -0.299 e. The highest BCUT2D eigenvalue weighted by molar-refractivity contribution is 6.25. The molecule has 0 N–H and O–H groups in total. The summed E-state index contributed by atoms with van der Waals surface area (Å²) in [6.07, 6.45) is 9.06. The molecule has 0 spiro atoms. The summed E-state index contributed by atoms with van der Waals surface area (Å²) < 4.78 is 0. The first-order chi connectivity index (χ1) is 15.5. The molecule has 0 saturated heterocycles. The molecule has 2 aliphatic carbocycles. The van der Waals surface area contributed by atoms with Gasteiger partial charge in [0.25, 0.3) is 0 Å². The molecular formula is C28H36Cl2N2. The Bertz CT molecular complexity index is 857. The molecule has 0 bridgehead atoms. The summed E-state index contributed by atoms with van der Waals surface area (Å²) in [5.41, 5.74) is 5.56. The minimum absolute atomic E-state index is 0.156. The third kappa shape index (κ3) is 5.88. The van der Waals surface area contributed by atoms with Crippen molar-refractivity contribution in [2.45, 2.75) is 81.5 Å². The van der Waals surface area contributed by atoms with E-state index in [1.807, 2.05) is 0 Å². The Morgan fingerprint density at radius 2 is 1.44 bits per heavy atom. The largest absolute Gasteiger partial charge is 0.299 e. The predicted molar refractivity (Wildman–Crippen MR) is 136 cm³/mol. The summed E-state index contributed by atoms with van der Waals surface area (Å²) in [5, 5.41) is 7.32. The van der Waals surface area contributed by atoms with Gasteiger partial charge in [0.2, 0.25) is 0 Å². The molecule has 2 nitrogen and oxygen atoms in total. The number of hydrogen-bond acceptors (Lipinski definition) is 2. The number of nitrogens with zero attached hydrogens (tertiary/aromatic N) is 2. The molecule has 2 aromatic rings. The van der Waals surface area contributed by atoms with Gasteiger partial charge in [-0.2, -0.15) is 5.26 Å². The van der Waals surface area contributed by atoms with Crippen molar-refractivity contribution in [1.82, 2.24) is 4.90 Å². The predicted octanol–water partition coefficient (Wildman–Crippen LogP) is 7.91. The molecule has 0 amide bonds. The van der Waals surface area contributed by atoms with Crippen molar-refractivity contribution in [2.24, 2.45) is 0 Å². The van der Waals surface area contributed by atoms with Crippen LogP contribution < -0.4 is 0 Å². The molecule has 2 saturated carbocycles. The first-order valence-electron chi connectivity index (χ1n) is 12.0. The van der Waals surface area contributed by atoms with Crippen molar-refractivity contribution in [2.75, 3.05) is 13.1 Å². The Morgan fingerprint density at radius 3 is 1.88 bits per heavy atom. The van der Waals surface area contributed by atoms with Gasteiger partial charge in [-0.05, 0) is 86.7 Å². The van der Waals surface area contributed by atoms with E-state index in [1.165, 1.54) is 42.0 Å². The second kappa shape index (κ2) is 11.6. The molecule has 0 aliphatic heterocycles.